The van der Waals surface area contributed by atoms with E-state index in [1.807, 2.05) is 24.5 Å². The van der Waals surface area contributed by atoms with Crippen molar-refractivity contribution in [3.8, 4) is 0 Å². The van der Waals surface area contributed by atoms with Crippen LogP contribution in [0.25, 0.3) is 10.9 Å². The van der Waals surface area contributed by atoms with Gasteiger partial charge in [-0.3, -0.25) is 9.36 Å². The Balaban J connectivity index is 2.02. The lowest BCUT2D eigenvalue weighted by Crippen LogP contribution is -2.16. The molecule has 0 spiro atoms. The van der Waals surface area contributed by atoms with Crippen LogP contribution in [0, 0.1) is 6.92 Å². The summed E-state index contributed by atoms with van der Waals surface area (Å²) in [5.41, 5.74) is 4.22. The summed E-state index contributed by atoms with van der Waals surface area (Å²) in [4.78, 5) is 15.0. The van der Waals surface area contributed by atoms with Crippen molar-refractivity contribution in [2.24, 2.45) is 0 Å². The van der Waals surface area contributed by atoms with Crippen molar-refractivity contribution in [2.45, 2.75) is 19.8 Å². The van der Waals surface area contributed by atoms with E-state index in [1.165, 1.54) is 16.5 Å². The Morgan fingerprint density at radius 3 is 2.87 bits per heavy atom. The number of rotatable bonds is 4. The third-order valence-electron chi connectivity index (χ3n) is 4.17. The van der Waals surface area contributed by atoms with Crippen molar-refractivity contribution >= 4 is 16.8 Å². The predicted molar refractivity (Wildman–Crippen MR) is 94.5 cm³/mol. The second kappa shape index (κ2) is 6.42. The molecule has 120 valence electrons. The highest BCUT2D eigenvalue weighted by Gasteiger charge is 2.17. The molecule has 0 radical (unpaired) electrons. The molecule has 4 heteroatoms. The molecule has 0 aliphatic carbocycles. The van der Waals surface area contributed by atoms with Crippen LogP contribution >= 0.6 is 0 Å². The average molecular weight is 309 g/mol. The first-order valence-corrected chi connectivity index (χ1v) is 7.96. The average Bonchev–Trinajstić information content (AvgIpc) is 2.91. The normalized spacial score (nSPS) is 14.2. The number of hydrogen-bond donors (Lipinski definition) is 1. The van der Waals surface area contributed by atoms with Gasteiger partial charge in [0.2, 0.25) is 0 Å². The fourth-order valence-electron chi connectivity index (χ4n) is 2.89. The van der Waals surface area contributed by atoms with Crippen molar-refractivity contribution in [3.63, 3.8) is 0 Å². The topological polar surface area (TPSA) is 37.3 Å². The van der Waals surface area contributed by atoms with Gasteiger partial charge in [0.15, 0.2) is 0 Å². The van der Waals surface area contributed by atoms with Crippen LogP contribution < -0.4 is 5.32 Å². The lowest BCUT2D eigenvalue weighted by atomic mass is 10.1. The van der Waals surface area contributed by atoms with E-state index in [0.29, 0.717) is 6.42 Å². The van der Waals surface area contributed by atoms with Crippen molar-refractivity contribution in [3.05, 3.63) is 59.6 Å². The molecular formula is C19H23N3O. The number of allylic oxidation sites excluding steroid dienone is 2. The van der Waals surface area contributed by atoms with E-state index < -0.39 is 0 Å². The number of carbonyl (C=O) groups excluding carboxylic acids is 1. The van der Waals surface area contributed by atoms with Crippen LogP contribution in [0.15, 0.2) is 48.4 Å². The molecule has 0 atom stereocenters. The van der Waals surface area contributed by atoms with E-state index in [9.17, 15) is 4.79 Å². The second-order valence-corrected chi connectivity index (χ2v) is 6.35. The second-order valence-electron chi connectivity index (χ2n) is 6.35. The summed E-state index contributed by atoms with van der Waals surface area (Å²) in [6, 6.07) is 6.29. The highest BCUT2D eigenvalue weighted by molar-refractivity contribution is 6.03. The Hall–Kier alpha value is -2.33. The highest BCUT2D eigenvalue weighted by atomic mass is 16.2. The zero-order valence-electron chi connectivity index (χ0n) is 14.0. The van der Waals surface area contributed by atoms with E-state index in [-0.39, 0.29) is 5.91 Å². The smallest absolute Gasteiger partial charge is 0.260 e. The number of hydrogen-bond acceptors (Lipinski definition) is 3. The largest absolute Gasteiger partial charge is 0.367 e. The molecule has 23 heavy (non-hydrogen) atoms. The third kappa shape index (κ3) is 3.22. The van der Waals surface area contributed by atoms with Crippen molar-refractivity contribution in [1.82, 2.24) is 14.8 Å². The fraction of sp³-hybridized carbons (Fsp3) is 0.316. The van der Waals surface area contributed by atoms with Crippen LogP contribution in [0.5, 0.6) is 0 Å². The van der Waals surface area contributed by atoms with Crippen LogP contribution in [0.1, 0.15) is 22.3 Å². The lowest BCUT2D eigenvalue weighted by Gasteiger charge is -2.10. The molecule has 0 amide bonds. The van der Waals surface area contributed by atoms with Gasteiger partial charge < -0.3 is 10.2 Å². The Morgan fingerprint density at radius 2 is 2.17 bits per heavy atom. The molecule has 2 aromatic rings. The molecule has 1 aromatic carbocycles. The van der Waals surface area contributed by atoms with E-state index in [2.05, 4.69) is 43.4 Å². The van der Waals surface area contributed by atoms with E-state index in [4.69, 9.17) is 0 Å². The van der Waals surface area contributed by atoms with Gasteiger partial charge >= 0.3 is 0 Å². The molecule has 3 rings (SSSR count). The summed E-state index contributed by atoms with van der Waals surface area (Å²) in [7, 11) is 4.14. The number of likely N-dealkylation sites (N-methyl/N-ethyl adjacent to an activating group) is 1. The van der Waals surface area contributed by atoms with Gasteiger partial charge in [-0.15, -0.1) is 0 Å². The van der Waals surface area contributed by atoms with Crippen LogP contribution in [0.2, 0.25) is 0 Å². The van der Waals surface area contributed by atoms with Gasteiger partial charge in [0.1, 0.15) is 0 Å². The Labute approximate surface area is 137 Å². The summed E-state index contributed by atoms with van der Waals surface area (Å²) >= 11 is 0. The van der Waals surface area contributed by atoms with Gasteiger partial charge in [-0.05, 0) is 57.8 Å². The van der Waals surface area contributed by atoms with Gasteiger partial charge in [-0.2, -0.15) is 0 Å². The number of dihydropyridines is 1. The molecular weight excluding hydrogens is 286 g/mol. The standard InChI is InChI=1S/C19H23N3O/c1-14-6-7-18-17(11-14)16(8-10-21(2)3)13-22(18)19(23)15-5-4-9-20-12-15/h4,6-7,9,11-13,20H,5,8,10H2,1-3H3. The molecule has 0 saturated carbocycles. The SMILES string of the molecule is Cc1ccc2c(c1)c(CCN(C)C)cn2C(=O)C1=CNC=CC1. The van der Waals surface area contributed by atoms with Crippen molar-refractivity contribution in [1.29, 1.82) is 0 Å². The summed E-state index contributed by atoms with van der Waals surface area (Å²) in [6.07, 6.45) is 9.23. The Kier molecular flexibility index (Phi) is 4.35. The molecule has 2 heterocycles. The lowest BCUT2D eigenvalue weighted by molar-refractivity contribution is 0.0957. The minimum absolute atomic E-state index is 0.0480. The maximum absolute atomic E-state index is 12.9. The van der Waals surface area contributed by atoms with Crippen LogP contribution in [0.4, 0.5) is 0 Å². The molecule has 1 N–H and O–H groups in total. The zero-order valence-corrected chi connectivity index (χ0v) is 14.0. The number of benzene rings is 1. The van der Waals surface area contributed by atoms with Gasteiger partial charge in [0.25, 0.3) is 5.91 Å². The molecule has 1 aromatic heterocycles. The first-order chi connectivity index (χ1) is 11.1. The van der Waals surface area contributed by atoms with Gasteiger partial charge in [0, 0.05) is 29.9 Å². The molecule has 1 aliphatic heterocycles. The fourth-order valence-corrected chi connectivity index (χ4v) is 2.89. The van der Waals surface area contributed by atoms with Crippen LogP contribution in [-0.2, 0) is 6.42 Å². The summed E-state index contributed by atoms with van der Waals surface area (Å²) < 4.78 is 1.80. The minimum atomic E-state index is 0.0480. The third-order valence-corrected chi connectivity index (χ3v) is 4.17. The van der Waals surface area contributed by atoms with E-state index in [0.717, 1.165) is 24.1 Å². The molecule has 0 unspecified atom stereocenters. The van der Waals surface area contributed by atoms with E-state index >= 15 is 0 Å². The van der Waals surface area contributed by atoms with E-state index in [1.54, 1.807) is 10.8 Å². The molecule has 0 bridgehead atoms. The maximum atomic E-state index is 12.9. The summed E-state index contributed by atoms with van der Waals surface area (Å²) in [6.45, 7) is 3.06. The summed E-state index contributed by atoms with van der Waals surface area (Å²) in [5, 5.41) is 4.19. The van der Waals surface area contributed by atoms with Crippen LogP contribution in [0.3, 0.4) is 0 Å². The minimum Gasteiger partial charge on any atom is -0.367 e. The molecule has 1 aliphatic rings. The number of aromatic nitrogens is 1. The molecule has 0 fully saturated rings. The van der Waals surface area contributed by atoms with Gasteiger partial charge in [-0.25, -0.2) is 0 Å². The highest BCUT2D eigenvalue weighted by Crippen LogP contribution is 2.25. The zero-order chi connectivity index (χ0) is 16.4. The summed E-state index contributed by atoms with van der Waals surface area (Å²) in [5.74, 6) is 0.0480. The molecule has 0 saturated heterocycles. The number of aryl methyl sites for hydroxylation is 1. The maximum Gasteiger partial charge on any atom is 0.260 e. The number of fused-ring (bicyclic) bond motifs is 1. The first kappa shape index (κ1) is 15.6. The monoisotopic (exact) mass is 309 g/mol. The van der Waals surface area contributed by atoms with Crippen molar-refractivity contribution in [2.75, 3.05) is 20.6 Å². The Bertz CT molecular complexity index is 796. The molecule has 4 nitrogen and oxygen atoms in total. The Morgan fingerprint density at radius 1 is 1.35 bits per heavy atom. The first-order valence-electron chi connectivity index (χ1n) is 7.96. The van der Waals surface area contributed by atoms with Gasteiger partial charge in [0.05, 0.1) is 5.52 Å². The number of nitrogens with one attached hydrogen (secondary N) is 1. The van der Waals surface area contributed by atoms with Crippen LogP contribution in [-0.4, -0.2) is 36.0 Å². The number of carbonyl (C=O) groups is 1. The quantitative estimate of drug-likeness (QED) is 0.943. The predicted octanol–water partition coefficient (Wildman–Crippen LogP) is 3.08. The van der Waals surface area contributed by atoms with Crippen molar-refractivity contribution < 1.29 is 4.79 Å². The number of nitrogens with zero attached hydrogens (tertiary/aromatic N) is 2. The van der Waals surface area contributed by atoms with Gasteiger partial charge in [-0.1, -0.05) is 17.7 Å².